The lowest BCUT2D eigenvalue weighted by Crippen LogP contribution is -2.17. The summed E-state index contributed by atoms with van der Waals surface area (Å²) in [4.78, 5) is 3.97. The molecule has 2 rings (SSSR count). The zero-order valence-corrected chi connectivity index (χ0v) is 12.6. The topological polar surface area (TPSA) is 39.1 Å². The first-order valence-corrected chi connectivity index (χ1v) is 7.32. The second-order valence-electron chi connectivity index (χ2n) is 4.97. The normalized spacial score (nSPS) is 12.3. The predicted octanol–water partition coefficient (Wildman–Crippen LogP) is 3.16. The molecule has 0 saturated heterocycles. The SMILES string of the molecule is CCNC(C)c1ccc(OCCCn2ccnc2)c(F)c1. The molecule has 5 heteroatoms. The molecule has 0 bridgehead atoms. The number of aromatic nitrogens is 2. The van der Waals surface area contributed by atoms with Crippen LogP contribution in [-0.4, -0.2) is 22.7 Å². The summed E-state index contributed by atoms with van der Waals surface area (Å²) in [7, 11) is 0. The van der Waals surface area contributed by atoms with Gasteiger partial charge in [-0.15, -0.1) is 0 Å². The Labute approximate surface area is 125 Å². The average molecular weight is 291 g/mol. The first kappa shape index (κ1) is 15.5. The third kappa shape index (κ3) is 4.56. The Morgan fingerprint density at radius 2 is 2.29 bits per heavy atom. The van der Waals surface area contributed by atoms with Gasteiger partial charge in [0.05, 0.1) is 12.9 Å². The van der Waals surface area contributed by atoms with Crippen LogP contribution >= 0.6 is 0 Å². The molecule has 4 nitrogen and oxygen atoms in total. The molecule has 114 valence electrons. The second-order valence-corrected chi connectivity index (χ2v) is 4.97. The molecule has 21 heavy (non-hydrogen) atoms. The van der Waals surface area contributed by atoms with Crippen LogP contribution in [0.5, 0.6) is 5.75 Å². The number of nitrogens with zero attached hydrogens (tertiary/aromatic N) is 2. The highest BCUT2D eigenvalue weighted by atomic mass is 19.1. The maximum Gasteiger partial charge on any atom is 0.165 e. The van der Waals surface area contributed by atoms with Gasteiger partial charge in [-0.1, -0.05) is 13.0 Å². The van der Waals surface area contributed by atoms with E-state index in [0.717, 1.165) is 25.1 Å². The van der Waals surface area contributed by atoms with Crippen LogP contribution in [0.15, 0.2) is 36.9 Å². The standard InChI is InChI=1S/C16H22FN3O/c1-3-19-13(2)14-5-6-16(15(17)11-14)21-10-4-8-20-9-7-18-12-20/h5-7,9,11-13,19H,3-4,8,10H2,1-2H3. The van der Waals surface area contributed by atoms with Crippen LogP contribution in [0, 0.1) is 5.82 Å². The van der Waals surface area contributed by atoms with Crippen molar-refractivity contribution in [2.45, 2.75) is 32.9 Å². The van der Waals surface area contributed by atoms with Crippen LogP contribution in [0.3, 0.4) is 0 Å². The Balaban J connectivity index is 1.83. The molecule has 1 heterocycles. The lowest BCUT2D eigenvalue weighted by atomic mass is 10.1. The quantitative estimate of drug-likeness (QED) is 0.759. The Morgan fingerprint density at radius 3 is 2.95 bits per heavy atom. The van der Waals surface area contributed by atoms with Crippen molar-refractivity contribution in [3.8, 4) is 5.75 Å². The molecule has 0 spiro atoms. The van der Waals surface area contributed by atoms with E-state index in [0.29, 0.717) is 12.4 Å². The van der Waals surface area contributed by atoms with Crippen molar-refractivity contribution < 1.29 is 9.13 Å². The Hall–Kier alpha value is -1.88. The number of halogens is 1. The van der Waals surface area contributed by atoms with Gasteiger partial charge in [0.15, 0.2) is 11.6 Å². The first-order chi connectivity index (χ1) is 10.2. The maximum absolute atomic E-state index is 14.0. The van der Waals surface area contributed by atoms with Gasteiger partial charge in [-0.2, -0.15) is 0 Å². The van der Waals surface area contributed by atoms with Crippen molar-refractivity contribution in [2.75, 3.05) is 13.2 Å². The fourth-order valence-corrected chi connectivity index (χ4v) is 2.18. The number of rotatable bonds is 8. The molecule has 0 aliphatic rings. The molecule has 2 aromatic rings. The van der Waals surface area contributed by atoms with Gasteiger partial charge in [0.25, 0.3) is 0 Å². The number of benzene rings is 1. The Kier molecular flexibility index (Phi) is 5.75. The fourth-order valence-electron chi connectivity index (χ4n) is 2.18. The maximum atomic E-state index is 14.0. The van der Waals surface area contributed by atoms with Crippen LogP contribution in [0.4, 0.5) is 4.39 Å². The van der Waals surface area contributed by atoms with Gasteiger partial charge in [-0.25, -0.2) is 9.37 Å². The van der Waals surface area contributed by atoms with E-state index in [-0.39, 0.29) is 11.9 Å². The molecule has 1 atom stereocenters. The summed E-state index contributed by atoms with van der Waals surface area (Å²) in [5, 5.41) is 3.26. The largest absolute Gasteiger partial charge is 0.490 e. The van der Waals surface area contributed by atoms with Crippen LogP contribution < -0.4 is 10.1 Å². The average Bonchev–Trinajstić information content (AvgIpc) is 2.98. The third-order valence-electron chi connectivity index (χ3n) is 3.34. The summed E-state index contributed by atoms with van der Waals surface area (Å²) >= 11 is 0. The van der Waals surface area contributed by atoms with Gasteiger partial charge in [0.2, 0.25) is 0 Å². The van der Waals surface area contributed by atoms with Crippen LogP contribution in [0.2, 0.25) is 0 Å². The zero-order valence-electron chi connectivity index (χ0n) is 12.6. The zero-order chi connectivity index (χ0) is 15.1. The minimum Gasteiger partial charge on any atom is -0.490 e. The van der Waals surface area contributed by atoms with Gasteiger partial charge in [0, 0.05) is 25.0 Å². The molecular weight excluding hydrogens is 269 g/mol. The number of ether oxygens (including phenoxy) is 1. The fraction of sp³-hybridized carbons (Fsp3) is 0.438. The summed E-state index contributed by atoms with van der Waals surface area (Å²) in [6.45, 7) is 6.21. The summed E-state index contributed by atoms with van der Waals surface area (Å²) in [5.74, 6) is 0.00737. The summed E-state index contributed by atoms with van der Waals surface area (Å²) in [5.41, 5.74) is 0.931. The monoisotopic (exact) mass is 291 g/mol. The number of aryl methyl sites for hydroxylation is 1. The van der Waals surface area contributed by atoms with Gasteiger partial charge >= 0.3 is 0 Å². The summed E-state index contributed by atoms with van der Waals surface area (Å²) in [6, 6.07) is 5.29. The first-order valence-electron chi connectivity index (χ1n) is 7.32. The second kappa shape index (κ2) is 7.78. The smallest absolute Gasteiger partial charge is 0.165 e. The third-order valence-corrected chi connectivity index (χ3v) is 3.34. The number of nitrogens with one attached hydrogen (secondary N) is 1. The van der Waals surface area contributed by atoms with Crippen molar-refractivity contribution >= 4 is 0 Å². The van der Waals surface area contributed by atoms with Crippen molar-refractivity contribution in [1.82, 2.24) is 14.9 Å². The van der Waals surface area contributed by atoms with Crippen molar-refractivity contribution in [3.63, 3.8) is 0 Å². The van der Waals surface area contributed by atoms with Gasteiger partial charge in [0.1, 0.15) is 0 Å². The van der Waals surface area contributed by atoms with Crippen LogP contribution in [0.25, 0.3) is 0 Å². The van der Waals surface area contributed by atoms with Crippen molar-refractivity contribution in [3.05, 3.63) is 48.3 Å². The number of hydrogen-bond donors (Lipinski definition) is 1. The number of hydrogen-bond acceptors (Lipinski definition) is 3. The van der Waals surface area contributed by atoms with E-state index in [1.165, 1.54) is 0 Å². The molecule has 0 amide bonds. The highest BCUT2D eigenvalue weighted by molar-refractivity contribution is 5.30. The van der Waals surface area contributed by atoms with Gasteiger partial charge in [-0.3, -0.25) is 0 Å². The minimum absolute atomic E-state index is 0.139. The van der Waals surface area contributed by atoms with E-state index in [2.05, 4.69) is 10.3 Å². The van der Waals surface area contributed by atoms with Gasteiger partial charge in [-0.05, 0) is 37.6 Å². The van der Waals surface area contributed by atoms with E-state index in [4.69, 9.17) is 4.74 Å². The molecule has 1 N–H and O–H groups in total. The molecule has 0 aliphatic heterocycles. The molecule has 1 aromatic carbocycles. The Bertz CT molecular complexity index is 542. The van der Waals surface area contributed by atoms with Crippen LogP contribution in [0.1, 0.15) is 31.9 Å². The summed E-state index contributed by atoms with van der Waals surface area (Å²) in [6.07, 6.45) is 6.21. The molecule has 0 radical (unpaired) electrons. The molecule has 0 saturated carbocycles. The lowest BCUT2D eigenvalue weighted by molar-refractivity contribution is 0.287. The molecule has 1 unspecified atom stereocenters. The van der Waals surface area contributed by atoms with E-state index in [9.17, 15) is 4.39 Å². The molecule has 1 aromatic heterocycles. The van der Waals surface area contributed by atoms with E-state index < -0.39 is 0 Å². The highest BCUT2D eigenvalue weighted by Crippen LogP contribution is 2.22. The van der Waals surface area contributed by atoms with Crippen molar-refractivity contribution in [2.24, 2.45) is 0 Å². The van der Waals surface area contributed by atoms with Crippen molar-refractivity contribution in [1.29, 1.82) is 0 Å². The van der Waals surface area contributed by atoms with Crippen LogP contribution in [-0.2, 0) is 6.54 Å². The lowest BCUT2D eigenvalue weighted by Gasteiger charge is -2.14. The Morgan fingerprint density at radius 1 is 1.43 bits per heavy atom. The minimum atomic E-state index is -0.306. The van der Waals surface area contributed by atoms with Gasteiger partial charge < -0.3 is 14.6 Å². The highest BCUT2D eigenvalue weighted by Gasteiger charge is 2.09. The molecule has 0 fully saturated rings. The number of imidazole rings is 1. The predicted molar refractivity (Wildman–Crippen MR) is 80.8 cm³/mol. The molecular formula is C16H22FN3O. The van der Waals surface area contributed by atoms with E-state index >= 15 is 0 Å². The summed E-state index contributed by atoms with van der Waals surface area (Å²) < 4.78 is 21.5. The molecule has 0 aliphatic carbocycles. The van der Waals surface area contributed by atoms with E-state index in [1.807, 2.05) is 30.7 Å². The van der Waals surface area contributed by atoms with E-state index in [1.54, 1.807) is 24.7 Å².